The average Bonchev–Trinajstić information content (AvgIpc) is 2.81. The second-order valence-corrected chi connectivity index (χ2v) is 9.53. The molecule has 1 aromatic carbocycles. The van der Waals surface area contributed by atoms with Crippen molar-refractivity contribution in [3.8, 4) is 0 Å². The van der Waals surface area contributed by atoms with Gasteiger partial charge >= 0.3 is 7.12 Å². The van der Waals surface area contributed by atoms with Gasteiger partial charge in [-0.05, 0) is 45.3 Å². The van der Waals surface area contributed by atoms with Gasteiger partial charge < -0.3 is 23.5 Å². The molecular formula is C18H29BO7S. The van der Waals surface area contributed by atoms with Crippen LogP contribution in [-0.2, 0) is 33.4 Å². The monoisotopic (exact) mass is 400 g/mol. The quantitative estimate of drug-likeness (QED) is 0.580. The highest BCUT2D eigenvalue weighted by Crippen LogP contribution is 2.36. The number of hydrogen-bond acceptors (Lipinski definition) is 7. The SMILES string of the molecule is COCC(COC)OCS(=O)(=O)c1ccc(B2OC(C)(C)C(C)(C)O2)cc1. The van der Waals surface area contributed by atoms with Crippen LogP contribution in [0.25, 0.3) is 0 Å². The van der Waals surface area contributed by atoms with Crippen LogP contribution in [0.4, 0.5) is 0 Å². The highest BCUT2D eigenvalue weighted by Gasteiger charge is 2.51. The van der Waals surface area contributed by atoms with Crippen LogP contribution in [0, 0.1) is 0 Å². The Morgan fingerprint density at radius 3 is 1.89 bits per heavy atom. The normalized spacial score (nSPS) is 19.0. The first-order chi connectivity index (χ1) is 12.5. The highest BCUT2D eigenvalue weighted by atomic mass is 32.2. The molecule has 0 amide bonds. The van der Waals surface area contributed by atoms with E-state index in [0.717, 1.165) is 5.46 Å². The van der Waals surface area contributed by atoms with Gasteiger partial charge in [0.1, 0.15) is 6.10 Å². The van der Waals surface area contributed by atoms with Gasteiger partial charge in [-0.2, -0.15) is 0 Å². The number of benzene rings is 1. The average molecular weight is 400 g/mol. The van der Waals surface area contributed by atoms with Crippen molar-refractivity contribution in [1.82, 2.24) is 0 Å². The van der Waals surface area contributed by atoms with E-state index < -0.39 is 40.2 Å². The molecule has 1 saturated heterocycles. The van der Waals surface area contributed by atoms with Crippen molar-refractivity contribution in [2.75, 3.05) is 33.4 Å². The maximum absolute atomic E-state index is 12.5. The Hall–Kier alpha value is -0.965. The van der Waals surface area contributed by atoms with E-state index in [0.29, 0.717) is 0 Å². The standard InChI is InChI=1S/C18H29BO7S/c1-17(2)18(3,4)26-19(25-17)14-7-9-16(10-8-14)27(20,21)13-24-15(11-22-5)12-23-6/h7-10,15H,11-13H2,1-6H3. The second-order valence-electron chi connectivity index (χ2n) is 7.59. The van der Waals surface area contributed by atoms with Crippen molar-refractivity contribution in [2.24, 2.45) is 0 Å². The number of sulfone groups is 1. The lowest BCUT2D eigenvalue weighted by Gasteiger charge is -2.32. The molecule has 0 atom stereocenters. The maximum atomic E-state index is 12.5. The molecule has 1 aromatic rings. The summed E-state index contributed by atoms with van der Waals surface area (Å²) in [7, 11) is -1.08. The summed E-state index contributed by atoms with van der Waals surface area (Å²) in [6, 6.07) is 6.50. The summed E-state index contributed by atoms with van der Waals surface area (Å²) in [6.45, 7) is 8.40. The van der Waals surface area contributed by atoms with Crippen molar-refractivity contribution in [3.63, 3.8) is 0 Å². The van der Waals surface area contributed by atoms with Crippen LogP contribution in [-0.4, -0.2) is 66.2 Å². The first-order valence-electron chi connectivity index (χ1n) is 8.80. The zero-order valence-corrected chi connectivity index (χ0v) is 17.7. The van der Waals surface area contributed by atoms with Gasteiger partial charge in [0, 0.05) is 14.2 Å². The van der Waals surface area contributed by atoms with Crippen LogP contribution in [0.5, 0.6) is 0 Å². The molecular weight excluding hydrogens is 371 g/mol. The van der Waals surface area contributed by atoms with Gasteiger partial charge in [0.05, 0.1) is 29.3 Å². The van der Waals surface area contributed by atoms with Crippen LogP contribution in [0.3, 0.4) is 0 Å². The second kappa shape index (κ2) is 8.59. The Balaban J connectivity index is 2.06. The smallest absolute Gasteiger partial charge is 0.399 e. The fraction of sp³-hybridized carbons (Fsp3) is 0.667. The lowest BCUT2D eigenvalue weighted by Crippen LogP contribution is -2.41. The lowest BCUT2D eigenvalue weighted by molar-refractivity contribution is -0.0252. The Morgan fingerprint density at radius 1 is 0.963 bits per heavy atom. The van der Waals surface area contributed by atoms with Gasteiger partial charge in [-0.3, -0.25) is 0 Å². The van der Waals surface area contributed by atoms with Gasteiger partial charge in [0.2, 0.25) is 9.84 Å². The van der Waals surface area contributed by atoms with Gasteiger partial charge in [0.15, 0.2) is 5.94 Å². The zero-order chi connectivity index (χ0) is 20.3. The minimum atomic E-state index is -3.59. The third-order valence-electron chi connectivity index (χ3n) is 4.93. The molecule has 1 aliphatic heterocycles. The predicted octanol–water partition coefficient (Wildman–Crippen LogP) is 1.40. The molecule has 7 nitrogen and oxygen atoms in total. The Kier molecular flexibility index (Phi) is 7.10. The number of ether oxygens (including phenoxy) is 3. The molecule has 0 N–H and O–H groups in total. The van der Waals surface area contributed by atoms with Gasteiger partial charge in [-0.15, -0.1) is 0 Å². The molecule has 1 aliphatic rings. The Morgan fingerprint density at radius 2 is 1.44 bits per heavy atom. The molecule has 0 bridgehead atoms. The topological polar surface area (TPSA) is 80.3 Å². The molecule has 152 valence electrons. The van der Waals surface area contributed by atoms with Gasteiger partial charge in [-0.1, -0.05) is 12.1 Å². The summed E-state index contributed by atoms with van der Waals surface area (Å²) < 4.78 is 52.4. The first kappa shape index (κ1) is 22.3. The number of hydrogen-bond donors (Lipinski definition) is 0. The van der Waals surface area contributed by atoms with Crippen molar-refractivity contribution >= 4 is 22.4 Å². The van der Waals surface area contributed by atoms with Crippen LogP contribution >= 0.6 is 0 Å². The Labute approximate surface area is 162 Å². The van der Waals surface area contributed by atoms with Crippen LogP contribution in [0.1, 0.15) is 27.7 Å². The molecule has 1 heterocycles. The fourth-order valence-electron chi connectivity index (χ4n) is 2.58. The molecule has 0 radical (unpaired) electrons. The van der Waals surface area contributed by atoms with Crippen LogP contribution < -0.4 is 5.46 Å². The molecule has 2 rings (SSSR count). The Bertz CT molecular complexity index is 694. The predicted molar refractivity (Wildman–Crippen MR) is 103 cm³/mol. The molecule has 0 saturated carbocycles. The van der Waals surface area contributed by atoms with E-state index >= 15 is 0 Å². The lowest BCUT2D eigenvalue weighted by atomic mass is 9.79. The minimum absolute atomic E-state index is 0.177. The zero-order valence-electron chi connectivity index (χ0n) is 16.9. The van der Waals surface area contributed by atoms with Crippen LogP contribution in [0.15, 0.2) is 29.2 Å². The van der Waals surface area contributed by atoms with E-state index in [1.54, 1.807) is 24.3 Å². The van der Waals surface area contributed by atoms with Crippen molar-refractivity contribution in [1.29, 1.82) is 0 Å². The van der Waals surface area contributed by atoms with Gasteiger partial charge in [-0.25, -0.2) is 8.42 Å². The summed E-state index contributed by atoms with van der Waals surface area (Å²) in [5.74, 6) is -0.444. The van der Waals surface area contributed by atoms with E-state index in [1.807, 2.05) is 27.7 Å². The molecule has 9 heteroatoms. The largest absolute Gasteiger partial charge is 0.494 e. The molecule has 0 spiro atoms. The van der Waals surface area contributed by atoms with Gasteiger partial charge in [0.25, 0.3) is 0 Å². The molecule has 27 heavy (non-hydrogen) atoms. The first-order valence-corrected chi connectivity index (χ1v) is 10.5. The van der Waals surface area contributed by atoms with Crippen molar-refractivity contribution in [2.45, 2.75) is 49.9 Å². The van der Waals surface area contributed by atoms with Crippen molar-refractivity contribution in [3.05, 3.63) is 24.3 Å². The minimum Gasteiger partial charge on any atom is -0.399 e. The maximum Gasteiger partial charge on any atom is 0.494 e. The summed E-state index contributed by atoms with van der Waals surface area (Å²) in [4.78, 5) is 0.177. The molecule has 0 unspecified atom stereocenters. The highest BCUT2D eigenvalue weighted by molar-refractivity contribution is 7.91. The summed E-state index contributed by atoms with van der Waals surface area (Å²) in [5.41, 5.74) is -0.132. The van der Waals surface area contributed by atoms with Crippen molar-refractivity contribution < 1.29 is 31.9 Å². The number of rotatable bonds is 9. The number of methoxy groups -OCH3 is 2. The third-order valence-corrected chi connectivity index (χ3v) is 6.37. The van der Waals surface area contributed by atoms with E-state index in [2.05, 4.69) is 0 Å². The molecule has 1 fully saturated rings. The molecule has 0 aliphatic carbocycles. The fourth-order valence-corrected chi connectivity index (χ4v) is 3.64. The molecule has 0 aromatic heterocycles. The summed E-state index contributed by atoms with van der Waals surface area (Å²) >= 11 is 0. The van der Waals surface area contributed by atoms with E-state index in [1.165, 1.54) is 14.2 Å². The summed E-state index contributed by atoms with van der Waals surface area (Å²) in [6.07, 6.45) is -0.446. The van der Waals surface area contributed by atoms with E-state index in [-0.39, 0.29) is 18.1 Å². The van der Waals surface area contributed by atoms with E-state index in [4.69, 9.17) is 23.5 Å². The van der Waals surface area contributed by atoms with E-state index in [9.17, 15) is 8.42 Å². The summed E-state index contributed by atoms with van der Waals surface area (Å²) in [5, 5.41) is 0. The third kappa shape index (κ3) is 5.31. The van der Waals surface area contributed by atoms with Crippen LogP contribution in [0.2, 0.25) is 0 Å².